The van der Waals surface area contributed by atoms with Gasteiger partial charge in [-0.25, -0.2) is 9.59 Å². The Morgan fingerprint density at radius 1 is 1.27 bits per heavy atom. The Kier molecular flexibility index (Phi) is 5.49. The lowest BCUT2D eigenvalue weighted by atomic mass is 9.95. The first-order valence-corrected chi connectivity index (χ1v) is 9.46. The molecule has 0 unspecified atom stereocenters. The van der Waals surface area contributed by atoms with Gasteiger partial charge in [0, 0.05) is 12.7 Å². The Bertz CT molecular complexity index is 778. The van der Waals surface area contributed by atoms with Gasteiger partial charge in [-0.15, -0.1) is 0 Å². The maximum absolute atomic E-state index is 13.0. The first-order valence-electron chi connectivity index (χ1n) is 8.70. The van der Waals surface area contributed by atoms with Crippen LogP contribution in [-0.4, -0.2) is 30.1 Å². The average molecular weight is 397 g/mol. The Labute approximate surface area is 163 Å². The number of nitrogens with one attached hydrogen (secondary N) is 1. The molecular formula is C19H22Cl2N2O3. The molecule has 1 fully saturated rings. The molecule has 0 bridgehead atoms. The molecular weight excluding hydrogens is 375 g/mol. The fourth-order valence-electron chi connectivity index (χ4n) is 3.53. The van der Waals surface area contributed by atoms with Crippen molar-refractivity contribution in [2.24, 2.45) is 5.92 Å². The number of halogens is 2. The number of esters is 1. The Hall–Kier alpha value is -1.72. The van der Waals surface area contributed by atoms with Crippen LogP contribution in [0.2, 0.25) is 10.0 Å². The van der Waals surface area contributed by atoms with Gasteiger partial charge in [0.15, 0.2) is 0 Å². The van der Waals surface area contributed by atoms with Crippen LogP contribution in [0.25, 0.3) is 0 Å². The number of allylic oxidation sites excluding steroid dienone is 1. The topological polar surface area (TPSA) is 58.6 Å². The minimum Gasteiger partial charge on any atom is -0.459 e. The average Bonchev–Trinajstić information content (AvgIpc) is 2.99. The number of amides is 2. The molecule has 3 atom stereocenters. The van der Waals surface area contributed by atoms with Gasteiger partial charge in [-0.2, -0.15) is 0 Å². The van der Waals surface area contributed by atoms with Crippen LogP contribution in [0.1, 0.15) is 44.7 Å². The minimum absolute atomic E-state index is 0.0832. The third-order valence-corrected chi connectivity index (χ3v) is 6.03. The highest BCUT2D eigenvalue weighted by atomic mass is 35.5. The van der Waals surface area contributed by atoms with E-state index in [0.717, 1.165) is 19.3 Å². The lowest BCUT2D eigenvalue weighted by Gasteiger charge is -2.34. The first-order chi connectivity index (χ1) is 12.3. The van der Waals surface area contributed by atoms with E-state index in [1.807, 2.05) is 0 Å². The fourth-order valence-corrected chi connectivity index (χ4v) is 3.84. The molecule has 1 aliphatic heterocycles. The zero-order valence-corrected chi connectivity index (χ0v) is 16.5. The smallest absolute Gasteiger partial charge is 0.338 e. The van der Waals surface area contributed by atoms with E-state index in [2.05, 4.69) is 12.2 Å². The van der Waals surface area contributed by atoms with E-state index in [9.17, 15) is 9.59 Å². The predicted octanol–water partition coefficient (Wildman–Crippen LogP) is 4.70. The molecule has 5 nitrogen and oxygen atoms in total. The maximum Gasteiger partial charge on any atom is 0.338 e. The monoisotopic (exact) mass is 396 g/mol. The summed E-state index contributed by atoms with van der Waals surface area (Å²) in [7, 11) is 1.63. The molecule has 0 radical (unpaired) electrons. The highest BCUT2D eigenvalue weighted by molar-refractivity contribution is 6.42. The van der Waals surface area contributed by atoms with Gasteiger partial charge in [0.1, 0.15) is 6.10 Å². The second-order valence-corrected chi connectivity index (χ2v) is 7.78. The maximum atomic E-state index is 13.0. The zero-order chi connectivity index (χ0) is 19.0. The van der Waals surface area contributed by atoms with Crippen molar-refractivity contribution < 1.29 is 14.3 Å². The van der Waals surface area contributed by atoms with Crippen LogP contribution in [0.4, 0.5) is 4.79 Å². The van der Waals surface area contributed by atoms with Crippen molar-refractivity contribution in [2.75, 3.05) is 7.05 Å². The van der Waals surface area contributed by atoms with Gasteiger partial charge in [-0.1, -0.05) is 36.2 Å². The van der Waals surface area contributed by atoms with Crippen molar-refractivity contribution in [1.82, 2.24) is 10.2 Å². The van der Waals surface area contributed by atoms with Crippen molar-refractivity contribution >= 4 is 35.2 Å². The van der Waals surface area contributed by atoms with E-state index in [0.29, 0.717) is 32.8 Å². The van der Waals surface area contributed by atoms with Crippen LogP contribution in [0.5, 0.6) is 0 Å². The summed E-state index contributed by atoms with van der Waals surface area (Å²) >= 11 is 12.1. The number of carbonyl (C=O) groups is 2. The summed E-state index contributed by atoms with van der Waals surface area (Å²) in [5, 5.41) is 3.64. The standard InChI is InChI=1S/C19H22Cl2N2O3/c1-10-5-4-6-15(10)26-18(24)16-11(2)23(3)19(25)22-17(16)12-7-8-13(20)14(21)9-12/h7-10,15,17H,4-6H2,1-3H3,(H,22,25)/t10-,15-,17-/m0/s1. The van der Waals surface area contributed by atoms with E-state index in [4.69, 9.17) is 27.9 Å². The Morgan fingerprint density at radius 3 is 2.62 bits per heavy atom. The van der Waals surface area contributed by atoms with Gasteiger partial charge in [-0.05, 0) is 49.8 Å². The summed E-state index contributed by atoms with van der Waals surface area (Å²) < 4.78 is 5.79. The molecule has 1 saturated carbocycles. The molecule has 140 valence electrons. The molecule has 2 aliphatic rings. The van der Waals surface area contributed by atoms with Gasteiger partial charge in [0.2, 0.25) is 0 Å². The lowest BCUT2D eigenvalue weighted by Crippen LogP contribution is -2.46. The molecule has 1 aliphatic carbocycles. The Morgan fingerprint density at radius 2 is 2.00 bits per heavy atom. The normalized spacial score (nSPS) is 26.1. The van der Waals surface area contributed by atoms with Gasteiger partial charge >= 0.3 is 12.0 Å². The van der Waals surface area contributed by atoms with E-state index in [1.54, 1.807) is 32.2 Å². The number of rotatable bonds is 3. The van der Waals surface area contributed by atoms with Gasteiger partial charge in [0.05, 0.1) is 21.7 Å². The fraction of sp³-hybridized carbons (Fsp3) is 0.474. The van der Waals surface area contributed by atoms with E-state index in [-0.39, 0.29) is 12.1 Å². The number of carbonyl (C=O) groups excluding carboxylic acids is 2. The van der Waals surface area contributed by atoms with Crippen LogP contribution in [0, 0.1) is 5.92 Å². The molecule has 0 saturated heterocycles. The molecule has 26 heavy (non-hydrogen) atoms. The largest absolute Gasteiger partial charge is 0.459 e. The number of urea groups is 1. The second kappa shape index (κ2) is 7.49. The van der Waals surface area contributed by atoms with Gasteiger partial charge in [-0.3, -0.25) is 0 Å². The van der Waals surface area contributed by atoms with Crippen LogP contribution in [0.15, 0.2) is 29.5 Å². The highest BCUT2D eigenvalue weighted by Gasteiger charge is 2.37. The quantitative estimate of drug-likeness (QED) is 0.753. The SMILES string of the molecule is CC1=C(C(=O)O[C@H]2CCC[C@@H]2C)[C@H](c2ccc(Cl)c(Cl)c2)NC(=O)N1C. The summed E-state index contributed by atoms with van der Waals surface area (Å²) in [5.41, 5.74) is 1.68. The molecule has 1 heterocycles. The molecule has 1 aromatic carbocycles. The number of ether oxygens (including phenoxy) is 1. The number of nitrogens with zero attached hydrogens (tertiary/aromatic N) is 1. The van der Waals surface area contributed by atoms with Crippen LogP contribution in [0.3, 0.4) is 0 Å². The summed E-state index contributed by atoms with van der Waals surface area (Å²) in [4.78, 5) is 26.7. The molecule has 1 N–H and O–H groups in total. The van der Waals surface area contributed by atoms with E-state index < -0.39 is 12.0 Å². The molecule has 2 amide bonds. The zero-order valence-electron chi connectivity index (χ0n) is 15.0. The molecule has 0 spiro atoms. The van der Waals surface area contributed by atoms with Crippen molar-refractivity contribution in [3.63, 3.8) is 0 Å². The van der Waals surface area contributed by atoms with E-state index >= 15 is 0 Å². The van der Waals surface area contributed by atoms with E-state index in [1.165, 1.54) is 4.90 Å². The highest BCUT2D eigenvalue weighted by Crippen LogP contribution is 2.35. The summed E-state index contributed by atoms with van der Waals surface area (Å²) in [6, 6.07) is 4.16. The lowest BCUT2D eigenvalue weighted by molar-refractivity contribution is -0.146. The summed E-state index contributed by atoms with van der Waals surface area (Å²) in [6.07, 6.45) is 2.91. The van der Waals surface area contributed by atoms with Crippen molar-refractivity contribution in [2.45, 2.75) is 45.3 Å². The minimum atomic E-state index is -0.627. The molecule has 7 heteroatoms. The van der Waals surface area contributed by atoms with Crippen LogP contribution < -0.4 is 5.32 Å². The van der Waals surface area contributed by atoms with Gasteiger partial charge in [0.25, 0.3) is 0 Å². The van der Waals surface area contributed by atoms with Crippen LogP contribution >= 0.6 is 23.2 Å². The number of benzene rings is 1. The van der Waals surface area contributed by atoms with Crippen molar-refractivity contribution in [3.05, 3.63) is 45.1 Å². The van der Waals surface area contributed by atoms with Crippen LogP contribution in [-0.2, 0) is 9.53 Å². The van der Waals surface area contributed by atoms with Gasteiger partial charge < -0.3 is 15.0 Å². The third kappa shape index (κ3) is 3.55. The van der Waals surface area contributed by atoms with Crippen molar-refractivity contribution in [3.8, 4) is 0 Å². The number of hydrogen-bond donors (Lipinski definition) is 1. The third-order valence-electron chi connectivity index (χ3n) is 5.29. The Balaban J connectivity index is 1.96. The molecule has 0 aromatic heterocycles. The summed E-state index contributed by atoms with van der Waals surface area (Å²) in [5.74, 6) is -0.0524. The predicted molar refractivity (Wildman–Crippen MR) is 101 cm³/mol. The number of hydrogen-bond acceptors (Lipinski definition) is 3. The first kappa shape index (κ1) is 19.1. The molecule has 3 rings (SSSR count). The van der Waals surface area contributed by atoms with Crippen molar-refractivity contribution in [1.29, 1.82) is 0 Å². The summed E-state index contributed by atoms with van der Waals surface area (Å²) in [6.45, 7) is 3.84. The second-order valence-electron chi connectivity index (χ2n) is 6.97. The molecule has 1 aromatic rings.